The average molecular weight is 434 g/mol. The maximum absolute atomic E-state index is 11.8. The summed E-state index contributed by atoms with van der Waals surface area (Å²) in [5.41, 5.74) is 3.01. The number of likely N-dealkylation sites (tertiary alicyclic amines) is 1. The van der Waals surface area contributed by atoms with Crippen molar-refractivity contribution in [2.45, 2.75) is 76.2 Å². The maximum Gasteiger partial charge on any atom is 0.175 e. The highest BCUT2D eigenvalue weighted by molar-refractivity contribution is 7.90. The number of nitrogens with zero attached hydrogens (tertiary/aromatic N) is 1. The van der Waals surface area contributed by atoms with Crippen molar-refractivity contribution in [2.24, 2.45) is 5.41 Å². The largest absolute Gasteiger partial charge is 0.381 e. The van der Waals surface area contributed by atoms with Crippen molar-refractivity contribution in [1.82, 2.24) is 4.90 Å². The maximum atomic E-state index is 11.8. The molecule has 0 bridgehead atoms. The lowest BCUT2D eigenvalue weighted by Gasteiger charge is -2.47. The molecule has 0 saturated carbocycles. The number of sulfone groups is 1. The standard InChI is InChI=1S/C25H39NO3S/c1-20(2)18-22(26-14-10-25(11-15-26)12-16-29-17-13-25)19-24(3,4)21-6-8-23(9-7-21)30(5,27)28/h6-9,18,22H,10-17,19H2,1-5H3. The molecule has 5 heteroatoms. The zero-order chi connectivity index (χ0) is 22.0. The highest BCUT2D eigenvalue weighted by Crippen LogP contribution is 2.42. The van der Waals surface area contributed by atoms with Crippen LogP contribution in [0.4, 0.5) is 0 Å². The molecule has 0 aromatic heterocycles. The first-order valence-electron chi connectivity index (χ1n) is 11.3. The summed E-state index contributed by atoms with van der Waals surface area (Å²) in [6.07, 6.45) is 9.68. The molecule has 4 nitrogen and oxygen atoms in total. The molecule has 0 N–H and O–H groups in total. The van der Waals surface area contributed by atoms with Gasteiger partial charge in [0.1, 0.15) is 0 Å². The summed E-state index contributed by atoms with van der Waals surface area (Å²) < 4.78 is 29.2. The van der Waals surface area contributed by atoms with E-state index in [0.717, 1.165) is 32.7 Å². The molecule has 0 aliphatic carbocycles. The van der Waals surface area contributed by atoms with Gasteiger partial charge in [-0.3, -0.25) is 4.90 Å². The summed E-state index contributed by atoms with van der Waals surface area (Å²) in [5.74, 6) is 0. The Morgan fingerprint density at radius 2 is 1.67 bits per heavy atom. The molecule has 2 saturated heterocycles. The predicted molar refractivity (Wildman–Crippen MR) is 124 cm³/mol. The molecule has 0 radical (unpaired) electrons. The third-order valence-corrected chi connectivity index (χ3v) is 8.32. The molecule has 1 aromatic carbocycles. The number of benzene rings is 1. The fourth-order valence-electron chi connectivity index (χ4n) is 5.11. The fourth-order valence-corrected chi connectivity index (χ4v) is 5.74. The fraction of sp³-hybridized carbons (Fsp3) is 0.680. The van der Waals surface area contributed by atoms with E-state index in [1.807, 2.05) is 12.1 Å². The summed E-state index contributed by atoms with van der Waals surface area (Å²) in [4.78, 5) is 3.06. The lowest BCUT2D eigenvalue weighted by atomic mass is 9.71. The molecule has 2 fully saturated rings. The van der Waals surface area contributed by atoms with E-state index in [1.54, 1.807) is 12.1 Å². The van der Waals surface area contributed by atoms with E-state index < -0.39 is 9.84 Å². The first-order valence-corrected chi connectivity index (χ1v) is 13.2. The lowest BCUT2D eigenvalue weighted by molar-refractivity contribution is -0.0259. The molecule has 168 valence electrons. The van der Waals surface area contributed by atoms with E-state index in [0.29, 0.717) is 16.4 Å². The van der Waals surface area contributed by atoms with Crippen LogP contribution in [0.2, 0.25) is 0 Å². The van der Waals surface area contributed by atoms with Crippen LogP contribution in [-0.2, 0) is 20.0 Å². The number of hydrogen-bond donors (Lipinski definition) is 0. The zero-order valence-corrected chi connectivity index (χ0v) is 20.2. The monoisotopic (exact) mass is 433 g/mol. The molecule has 1 spiro atoms. The SMILES string of the molecule is CC(C)=CC(CC(C)(C)c1ccc(S(C)(=O)=O)cc1)N1CCC2(CCOCC2)CC1. The number of piperidine rings is 1. The van der Waals surface area contributed by atoms with Gasteiger partial charge in [-0.2, -0.15) is 0 Å². The Morgan fingerprint density at radius 3 is 2.17 bits per heavy atom. The van der Waals surface area contributed by atoms with E-state index in [1.165, 1.54) is 43.1 Å². The van der Waals surface area contributed by atoms with Gasteiger partial charge in [0, 0.05) is 25.5 Å². The normalized spacial score (nSPS) is 21.4. The van der Waals surface area contributed by atoms with E-state index in [9.17, 15) is 8.42 Å². The van der Waals surface area contributed by atoms with Crippen molar-refractivity contribution in [2.75, 3.05) is 32.6 Å². The summed E-state index contributed by atoms with van der Waals surface area (Å²) in [6.45, 7) is 13.1. The van der Waals surface area contributed by atoms with Crippen LogP contribution in [0.1, 0.15) is 65.4 Å². The van der Waals surface area contributed by atoms with Crippen molar-refractivity contribution in [1.29, 1.82) is 0 Å². The third kappa shape index (κ3) is 5.74. The molecular formula is C25H39NO3S. The molecular weight excluding hydrogens is 394 g/mol. The van der Waals surface area contributed by atoms with Gasteiger partial charge in [-0.1, -0.05) is 37.6 Å². The van der Waals surface area contributed by atoms with E-state index in [4.69, 9.17) is 4.74 Å². The quantitative estimate of drug-likeness (QED) is 0.593. The smallest absolute Gasteiger partial charge is 0.175 e. The topological polar surface area (TPSA) is 46.6 Å². The first kappa shape index (κ1) is 23.5. The minimum atomic E-state index is -3.16. The molecule has 1 aromatic rings. The zero-order valence-electron chi connectivity index (χ0n) is 19.4. The van der Waals surface area contributed by atoms with Gasteiger partial charge in [0.25, 0.3) is 0 Å². The van der Waals surface area contributed by atoms with Crippen LogP contribution in [0.5, 0.6) is 0 Å². The summed E-state index contributed by atoms with van der Waals surface area (Å²) in [6, 6.07) is 7.87. The highest BCUT2D eigenvalue weighted by Gasteiger charge is 2.38. The van der Waals surface area contributed by atoms with Gasteiger partial charge in [0.15, 0.2) is 9.84 Å². The molecule has 2 aliphatic heterocycles. The van der Waals surface area contributed by atoms with Gasteiger partial charge >= 0.3 is 0 Å². The van der Waals surface area contributed by atoms with Gasteiger partial charge in [-0.25, -0.2) is 8.42 Å². The number of hydrogen-bond acceptors (Lipinski definition) is 4. The van der Waals surface area contributed by atoms with Crippen LogP contribution in [0, 0.1) is 5.41 Å². The van der Waals surface area contributed by atoms with E-state index in [2.05, 4.69) is 38.7 Å². The first-order chi connectivity index (χ1) is 14.0. The van der Waals surface area contributed by atoms with E-state index >= 15 is 0 Å². The molecule has 1 unspecified atom stereocenters. The number of rotatable bonds is 6. The predicted octanol–water partition coefficient (Wildman–Crippen LogP) is 4.99. The molecule has 2 heterocycles. The Hall–Kier alpha value is -1.17. The van der Waals surface area contributed by atoms with Crippen LogP contribution in [0.3, 0.4) is 0 Å². The van der Waals surface area contributed by atoms with Crippen molar-refractivity contribution in [3.05, 3.63) is 41.5 Å². The summed E-state index contributed by atoms with van der Waals surface area (Å²) in [5, 5.41) is 0. The van der Waals surface area contributed by atoms with Crippen molar-refractivity contribution in [3.63, 3.8) is 0 Å². The second-order valence-electron chi connectivity index (χ2n) is 10.3. The van der Waals surface area contributed by atoms with Gasteiger partial charge in [-0.15, -0.1) is 0 Å². The second kappa shape index (κ2) is 9.13. The van der Waals surface area contributed by atoms with Gasteiger partial charge in [0.2, 0.25) is 0 Å². The minimum Gasteiger partial charge on any atom is -0.381 e. The van der Waals surface area contributed by atoms with Crippen LogP contribution in [0.25, 0.3) is 0 Å². The third-order valence-electron chi connectivity index (χ3n) is 7.19. The van der Waals surface area contributed by atoms with Gasteiger partial charge < -0.3 is 4.74 Å². The Morgan fingerprint density at radius 1 is 1.10 bits per heavy atom. The average Bonchev–Trinajstić information content (AvgIpc) is 2.68. The number of allylic oxidation sites excluding steroid dienone is 1. The Bertz CT molecular complexity index is 835. The minimum absolute atomic E-state index is 0.0412. The van der Waals surface area contributed by atoms with Crippen LogP contribution in [-0.4, -0.2) is 51.9 Å². The van der Waals surface area contributed by atoms with E-state index in [-0.39, 0.29) is 5.41 Å². The lowest BCUT2D eigenvalue weighted by Crippen LogP contribution is -2.47. The van der Waals surface area contributed by atoms with Crippen molar-refractivity contribution in [3.8, 4) is 0 Å². The number of ether oxygens (including phenoxy) is 1. The summed E-state index contributed by atoms with van der Waals surface area (Å²) in [7, 11) is -3.16. The molecule has 3 rings (SSSR count). The van der Waals surface area contributed by atoms with Crippen LogP contribution >= 0.6 is 0 Å². The Balaban J connectivity index is 1.73. The summed E-state index contributed by atoms with van der Waals surface area (Å²) >= 11 is 0. The van der Waals surface area contributed by atoms with Crippen LogP contribution in [0.15, 0.2) is 40.8 Å². The van der Waals surface area contributed by atoms with Crippen molar-refractivity contribution >= 4 is 9.84 Å². The Labute approximate surface area is 183 Å². The Kier molecular flexibility index (Phi) is 7.15. The molecule has 2 aliphatic rings. The molecule has 1 atom stereocenters. The highest BCUT2D eigenvalue weighted by atomic mass is 32.2. The second-order valence-corrected chi connectivity index (χ2v) is 12.4. The van der Waals surface area contributed by atoms with Crippen LogP contribution < -0.4 is 0 Å². The molecule has 0 amide bonds. The molecule has 30 heavy (non-hydrogen) atoms. The van der Waals surface area contributed by atoms with Gasteiger partial charge in [0.05, 0.1) is 4.90 Å². The van der Waals surface area contributed by atoms with Crippen molar-refractivity contribution < 1.29 is 13.2 Å². The van der Waals surface area contributed by atoms with Gasteiger partial charge in [-0.05, 0) is 87.6 Å².